The van der Waals surface area contributed by atoms with Crippen molar-refractivity contribution in [1.29, 1.82) is 0 Å². The predicted octanol–water partition coefficient (Wildman–Crippen LogP) is 0.791. The number of benzene rings is 2. The Labute approximate surface area is 236 Å². The lowest BCUT2D eigenvalue weighted by molar-refractivity contribution is -0.274. The fourth-order valence-corrected chi connectivity index (χ4v) is 3.96. The van der Waals surface area contributed by atoms with Gasteiger partial charge in [-0.15, -0.1) is 13.2 Å². The average Bonchev–Trinajstić information content (AvgIpc) is 2.93. The van der Waals surface area contributed by atoms with Crippen molar-refractivity contribution in [1.82, 2.24) is 15.5 Å². The van der Waals surface area contributed by atoms with Gasteiger partial charge in [0.15, 0.2) is 0 Å². The van der Waals surface area contributed by atoms with E-state index in [9.17, 15) is 27.6 Å². The third-order valence-electron chi connectivity index (χ3n) is 6.02. The summed E-state index contributed by atoms with van der Waals surface area (Å²) in [5.74, 6) is -2.05. The summed E-state index contributed by atoms with van der Waals surface area (Å²) in [5, 5.41) is 5.30. The Morgan fingerprint density at radius 2 is 1.66 bits per heavy atom. The molecule has 8 N–H and O–H groups in total. The second-order valence-electron chi connectivity index (χ2n) is 9.09. The quantitative estimate of drug-likeness (QED) is 0.193. The van der Waals surface area contributed by atoms with Crippen LogP contribution in [0.4, 0.5) is 13.2 Å². The van der Waals surface area contributed by atoms with Crippen LogP contribution in [0, 0.1) is 0 Å². The first-order chi connectivity index (χ1) is 19.5. The number of carbonyl (C=O) groups excluding carboxylic acids is 3. The van der Waals surface area contributed by atoms with E-state index in [4.69, 9.17) is 21.9 Å². The molecule has 14 heteroatoms. The lowest BCUT2D eigenvalue weighted by atomic mass is 10.0. The number of amides is 3. The summed E-state index contributed by atoms with van der Waals surface area (Å²) in [6, 6.07) is 10.5. The molecule has 0 radical (unpaired) electrons. The molecular weight excluding hydrogens is 545 g/mol. The minimum absolute atomic E-state index is 0.0666. The average molecular weight is 583 g/mol. The molecule has 0 saturated carbocycles. The molecule has 0 heterocycles. The van der Waals surface area contributed by atoms with Crippen LogP contribution in [-0.2, 0) is 27.3 Å². The van der Waals surface area contributed by atoms with Gasteiger partial charge in [0.1, 0.15) is 17.5 Å². The number of rotatable bonds is 16. The van der Waals surface area contributed by atoms with Gasteiger partial charge in [0, 0.05) is 44.4 Å². The highest BCUT2D eigenvalue weighted by Gasteiger charge is 2.31. The van der Waals surface area contributed by atoms with Crippen molar-refractivity contribution in [3.05, 3.63) is 59.7 Å². The van der Waals surface area contributed by atoms with Crippen molar-refractivity contribution in [2.45, 2.75) is 44.3 Å². The summed E-state index contributed by atoms with van der Waals surface area (Å²) in [6.45, 7) is 0.859. The Bertz CT molecular complexity index is 1130. The van der Waals surface area contributed by atoms with Crippen LogP contribution >= 0.6 is 0 Å². The topological polar surface area (TPSA) is 175 Å². The molecule has 0 spiro atoms. The van der Waals surface area contributed by atoms with Crippen molar-refractivity contribution >= 4 is 17.7 Å². The van der Waals surface area contributed by atoms with Crippen LogP contribution < -0.4 is 37.3 Å². The summed E-state index contributed by atoms with van der Waals surface area (Å²) in [7, 11) is 1.27. The van der Waals surface area contributed by atoms with Crippen molar-refractivity contribution < 1.29 is 37.0 Å². The van der Waals surface area contributed by atoms with E-state index < -0.39 is 36.0 Å². The number of nitrogens with one attached hydrogen (secondary N) is 2. The van der Waals surface area contributed by atoms with E-state index in [1.807, 2.05) is 30.3 Å². The number of nitrogens with zero attached hydrogens (tertiary/aromatic N) is 1. The fourth-order valence-electron chi connectivity index (χ4n) is 3.96. The predicted molar refractivity (Wildman–Crippen MR) is 145 cm³/mol. The Balaban J connectivity index is 2.11. The Hall–Kier alpha value is -3.88. The molecular formula is C27H37F3N6O5. The standard InChI is InChI=1S/C27H37F3N6O5/c1-40-23-15-20(41-27(28,29)30)9-8-19(23)17-34-26(39)22(10-7-18-5-3-2-4-6-18)35-25(38)21(33)16-24(37)36(13-11-31)14-12-32/h2-6,8-9,15,21-22H,7,10-14,16-17,31-33H2,1H3,(H,34,39)(H,35,38)/t21-,22-/m0/s1. The maximum atomic E-state index is 13.2. The van der Waals surface area contributed by atoms with Gasteiger partial charge in [-0.2, -0.15) is 0 Å². The number of methoxy groups -OCH3 is 1. The van der Waals surface area contributed by atoms with E-state index in [2.05, 4.69) is 15.4 Å². The van der Waals surface area contributed by atoms with Crippen LogP contribution in [0.3, 0.4) is 0 Å². The third-order valence-corrected chi connectivity index (χ3v) is 6.02. The smallest absolute Gasteiger partial charge is 0.496 e. The Kier molecular flexibility index (Phi) is 13.3. The molecule has 0 unspecified atom stereocenters. The zero-order valence-electron chi connectivity index (χ0n) is 22.8. The molecule has 11 nitrogen and oxygen atoms in total. The van der Waals surface area contributed by atoms with Crippen molar-refractivity contribution in [3.63, 3.8) is 0 Å². The van der Waals surface area contributed by atoms with Gasteiger partial charge in [-0.25, -0.2) is 0 Å². The van der Waals surface area contributed by atoms with Gasteiger partial charge in [-0.05, 0) is 30.5 Å². The summed E-state index contributed by atoms with van der Waals surface area (Å²) in [4.78, 5) is 40.1. The number of hydrogen-bond acceptors (Lipinski definition) is 8. The molecule has 0 bridgehead atoms. The van der Waals surface area contributed by atoms with Crippen molar-refractivity contribution in [2.24, 2.45) is 17.2 Å². The first-order valence-electron chi connectivity index (χ1n) is 13.0. The monoisotopic (exact) mass is 582 g/mol. The molecule has 0 saturated heterocycles. The third kappa shape index (κ3) is 11.6. The molecule has 0 aromatic heterocycles. The zero-order valence-corrected chi connectivity index (χ0v) is 22.8. The summed E-state index contributed by atoms with van der Waals surface area (Å²) in [6.07, 6.45) is -4.52. The molecule has 2 aromatic rings. The molecule has 0 aliphatic carbocycles. The molecule has 0 fully saturated rings. The molecule has 3 amide bonds. The number of alkyl halides is 3. The normalized spacial score (nSPS) is 12.7. The molecule has 0 aliphatic heterocycles. The van der Waals surface area contributed by atoms with Crippen LogP contribution in [0.25, 0.3) is 0 Å². The number of aryl methyl sites for hydroxylation is 1. The van der Waals surface area contributed by atoms with Crippen LogP contribution in [0.15, 0.2) is 48.5 Å². The van der Waals surface area contributed by atoms with E-state index in [0.717, 1.165) is 17.7 Å². The summed E-state index contributed by atoms with van der Waals surface area (Å²) in [5.41, 5.74) is 18.4. The Morgan fingerprint density at radius 1 is 1.00 bits per heavy atom. The molecule has 0 aliphatic rings. The molecule has 41 heavy (non-hydrogen) atoms. The van der Waals surface area contributed by atoms with Gasteiger partial charge in [0.25, 0.3) is 0 Å². The van der Waals surface area contributed by atoms with Gasteiger partial charge >= 0.3 is 6.36 Å². The van der Waals surface area contributed by atoms with Gasteiger partial charge in [-0.1, -0.05) is 30.3 Å². The van der Waals surface area contributed by atoms with E-state index >= 15 is 0 Å². The molecule has 2 aromatic carbocycles. The Morgan fingerprint density at radius 3 is 2.24 bits per heavy atom. The van der Waals surface area contributed by atoms with Crippen molar-refractivity contribution in [2.75, 3.05) is 33.3 Å². The van der Waals surface area contributed by atoms with E-state index in [0.29, 0.717) is 12.0 Å². The largest absolute Gasteiger partial charge is 0.573 e. The minimum Gasteiger partial charge on any atom is -0.496 e. The number of halogens is 3. The fraction of sp³-hybridized carbons (Fsp3) is 0.444. The highest BCUT2D eigenvalue weighted by atomic mass is 19.4. The SMILES string of the molecule is COc1cc(OC(F)(F)F)ccc1CNC(=O)[C@H](CCc1ccccc1)NC(=O)[C@@H](N)CC(=O)N(CCN)CCN. The second kappa shape index (κ2) is 16.4. The number of nitrogens with two attached hydrogens (primary N) is 3. The minimum atomic E-state index is -4.87. The van der Waals surface area contributed by atoms with Gasteiger partial charge in [0.05, 0.1) is 19.6 Å². The van der Waals surface area contributed by atoms with E-state index in [1.165, 1.54) is 18.1 Å². The maximum Gasteiger partial charge on any atom is 0.573 e. The number of hydrogen-bond donors (Lipinski definition) is 5. The van der Waals surface area contributed by atoms with Crippen LogP contribution in [0.5, 0.6) is 11.5 Å². The van der Waals surface area contributed by atoms with Crippen molar-refractivity contribution in [3.8, 4) is 11.5 Å². The van der Waals surface area contributed by atoms with Crippen LogP contribution in [0.1, 0.15) is 24.0 Å². The first kappa shape index (κ1) is 33.3. The molecule has 226 valence electrons. The van der Waals surface area contributed by atoms with E-state index in [-0.39, 0.29) is 57.2 Å². The number of carbonyl (C=O) groups is 3. The van der Waals surface area contributed by atoms with Gasteiger partial charge in [0.2, 0.25) is 17.7 Å². The highest BCUT2D eigenvalue weighted by Crippen LogP contribution is 2.29. The summed E-state index contributed by atoms with van der Waals surface area (Å²) < 4.78 is 46.7. The first-order valence-corrected chi connectivity index (χ1v) is 13.0. The van der Waals surface area contributed by atoms with E-state index in [1.54, 1.807) is 0 Å². The highest BCUT2D eigenvalue weighted by molar-refractivity contribution is 5.92. The second-order valence-corrected chi connectivity index (χ2v) is 9.09. The maximum absolute atomic E-state index is 13.2. The molecule has 2 rings (SSSR count). The van der Waals surface area contributed by atoms with Crippen LogP contribution in [0.2, 0.25) is 0 Å². The lowest BCUT2D eigenvalue weighted by Crippen LogP contribution is -2.53. The lowest BCUT2D eigenvalue weighted by Gasteiger charge is -2.24. The number of ether oxygens (including phenoxy) is 2. The zero-order chi connectivity index (χ0) is 30.4. The van der Waals surface area contributed by atoms with Gasteiger partial charge < -0.3 is 42.2 Å². The molecule has 2 atom stereocenters. The summed E-state index contributed by atoms with van der Waals surface area (Å²) >= 11 is 0. The van der Waals surface area contributed by atoms with Crippen LogP contribution in [-0.4, -0.2) is 74.4 Å². The van der Waals surface area contributed by atoms with Gasteiger partial charge in [-0.3, -0.25) is 14.4 Å².